The van der Waals surface area contributed by atoms with Crippen LogP contribution >= 0.6 is 0 Å². The van der Waals surface area contributed by atoms with Crippen LogP contribution in [0.2, 0.25) is 18.1 Å². The van der Waals surface area contributed by atoms with Gasteiger partial charge in [-0.3, -0.25) is 9.08 Å². The summed E-state index contributed by atoms with van der Waals surface area (Å²) in [6.45, 7) is 21.4. The molecule has 0 saturated carbocycles. The molecule has 1 unspecified atom stereocenters. The van der Waals surface area contributed by atoms with Crippen LogP contribution in [0.3, 0.4) is 0 Å². The lowest BCUT2D eigenvalue weighted by atomic mass is 9.95. The van der Waals surface area contributed by atoms with E-state index in [-0.39, 0.29) is 29.7 Å². The Hall–Kier alpha value is -0.683. The molecule has 0 spiro atoms. The van der Waals surface area contributed by atoms with E-state index in [1.165, 1.54) is 0 Å². The number of nitrogens with zero attached hydrogens (tertiary/aromatic N) is 1. The molecule has 33 heavy (non-hydrogen) atoms. The molecule has 1 aliphatic rings. The largest absolute Gasteiger partial charge is 0.444 e. The van der Waals surface area contributed by atoms with Crippen LogP contribution in [0.5, 0.6) is 0 Å². The molecule has 0 N–H and O–H groups in total. The van der Waals surface area contributed by atoms with E-state index in [9.17, 15) is 13.2 Å². The van der Waals surface area contributed by atoms with Crippen LogP contribution in [0.25, 0.3) is 0 Å². The van der Waals surface area contributed by atoms with Gasteiger partial charge in [0.15, 0.2) is 8.32 Å². The zero-order valence-corrected chi connectivity index (χ0v) is 24.4. The molecule has 0 aromatic carbocycles. The Balaban J connectivity index is 2.97. The van der Waals surface area contributed by atoms with E-state index in [1.807, 2.05) is 34.6 Å². The third-order valence-electron chi connectivity index (χ3n) is 6.31. The molecule has 1 rings (SSSR count). The maximum Gasteiger partial charge on any atom is 0.412 e. The molecule has 1 aliphatic heterocycles. The van der Waals surface area contributed by atoms with Gasteiger partial charge in [0.05, 0.1) is 25.5 Å². The number of ether oxygens (including phenoxy) is 2. The predicted octanol–water partition coefficient (Wildman–Crippen LogP) is 5.14. The molecular weight excluding hydrogens is 462 g/mol. The quantitative estimate of drug-likeness (QED) is 0.229. The Morgan fingerprint density at radius 1 is 1.18 bits per heavy atom. The summed E-state index contributed by atoms with van der Waals surface area (Å²) in [5.74, 6) is 0.120. The normalized spacial score (nSPS) is 20.7. The SMILES string of the molecule is CC(C)(C)OC(=O)N1C(C[C@@H](CCCOS(C)(=O)=O)CO[Si](C)(C)C(C)(C)C)COC1(C)C. The van der Waals surface area contributed by atoms with Gasteiger partial charge in [-0.1, -0.05) is 20.8 Å². The lowest BCUT2D eigenvalue weighted by Crippen LogP contribution is -2.50. The summed E-state index contributed by atoms with van der Waals surface area (Å²) < 4.78 is 45.7. The number of amides is 1. The highest BCUT2D eigenvalue weighted by atomic mass is 32.2. The fourth-order valence-corrected chi connectivity index (χ4v) is 5.02. The van der Waals surface area contributed by atoms with Gasteiger partial charge >= 0.3 is 6.09 Å². The molecule has 2 atom stereocenters. The first-order chi connectivity index (χ1) is 14.6. The van der Waals surface area contributed by atoms with E-state index in [2.05, 4.69) is 33.9 Å². The molecule has 8 nitrogen and oxygen atoms in total. The average Bonchev–Trinajstić information content (AvgIpc) is 2.87. The summed E-state index contributed by atoms with van der Waals surface area (Å²) in [6.07, 6.45) is 2.66. The summed E-state index contributed by atoms with van der Waals surface area (Å²) >= 11 is 0. The highest BCUT2D eigenvalue weighted by molar-refractivity contribution is 7.85. The highest BCUT2D eigenvalue weighted by Crippen LogP contribution is 2.38. The van der Waals surface area contributed by atoms with Crippen molar-refractivity contribution < 1.29 is 31.3 Å². The Kier molecular flexibility index (Phi) is 10.1. The maximum atomic E-state index is 13.0. The molecule has 1 saturated heterocycles. The van der Waals surface area contributed by atoms with Gasteiger partial charge in [-0.15, -0.1) is 0 Å². The topological polar surface area (TPSA) is 91.4 Å². The van der Waals surface area contributed by atoms with Gasteiger partial charge in [0.2, 0.25) is 0 Å². The average molecular weight is 510 g/mol. The van der Waals surface area contributed by atoms with E-state index in [0.717, 1.165) is 12.7 Å². The van der Waals surface area contributed by atoms with Crippen molar-refractivity contribution in [3.05, 3.63) is 0 Å². The second kappa shape index (κ2) is 10.9. The van der Waals surface area contributed by atoms with Crippen molar-refractivity contribution in [2.45, 2.75) is 110 Å². The fraction of sp³-hybridized carbons (Fsp3) is 0.957. The summed E-state index contributed by atoms with van der Waals surface area (Å²) in [4.78, 5) is 14.7. The Labute approximate surface area is 202 Å². The Morgan fingerprint density at radius 3 is 2.24 bits per heavy atom. The van der Waals surface area contributed by atoms with Crippen LogP contribution in [0.4, 0.5) is 4.79 Å². The summed E-state index contributed by atoms with van der Waals surface area (Å²) in [5, 5.41) is 0.0813. The second-order valence-corrected chi connectivity index (χ2v) is 18.6. The smallest absolute Gasteiger partial charge is 0.412 e. The van der Waals surface area contributed by atoms with Gasteiger partial charge in [-0.2, -0.15) is 8.42 Å². The lowest BCUT2D eigenvalue weighted by Gasteiger charge is -2.38. The van der Waals surface area contributed by atoms with Crippen LogP contribution in [-0.2, 0) is 28.2 Å². The predicted molar refractivity (Wildman–Crippen MR) is 133 cm³/mol. The van der Waals surface area contributed by atoms with Gasteiger partial charge in [-0.05, 0) is 77.9 Å². The van der Waals surface area contributed by atoms with Crippen LogP contribution in [0.15, 0.2) is 0 Å². The molecule has 0 aliphatic carbocycles. The van der Waals surface area contributed by atoms with Crippen LogP contribution in [-0.4, -0.2) is 71.2 Å². The van der Waals surface area contributed by atoms with Gasteiger partial charge in [0.1, 0.15) is 11.3 Å². The second-order valence-electron chi connectivity index (χ2n) is 12.1. The van der Waals surface area contributed by atoms with Crippen molar-refractivity contribution in [2.75, 3.05) is 26.1 Å². The summed E-state index contributed by atoms with van der Waals surface area (Å²) in [6, 6.07) is -0.154. The summed E-state index contributed by atoms with van der Waals surface area (Å²) in [7, 11) is -5.43. The van der Waals surface area contributed by atoms with Crippen molar-refractivity contribution in [2.24, 2.45) is 5.92 Å². The third-order valence-corrected chi connectivity index (χ3v) is 11.4. The molecule has 1 heterocycles. The molecule has 1 amide bonds. The first-order valence-electron chi connectivity index (χ1n) is 11.8. The number of carbonyl (C=O) groups is 1. The molecule has 0 aromatic rings. The molecule has 0 aromatic heterocycles. The standard InChI is InChI=1S/C23H47NO7SSi/c1-21(2,3)31-20(25)24-19(17-28-23(24,7)8)15-18(13-12-14-29-32(9,26)27)16-30-33(10,11)22(4,5)6/h18-19H,12-17H2,1-11H3/t18-,19?/m1/s1. The van der Waals surface area contributed by atoms with Gasteiger partial charge in [0, 0.05) is 6.61 Å². The zero-order valence-electron chi connectivity index (χ0n) is 22.6. The molecule has 196 valence electrons. The van der Waals surface area contributed by atoms with Gasteiger partial charge < -0.3 is 13.9 Å². The monoisotopic (exact) mass is 509 g/mol. The van der Waals surface area contributed by atoms with Crippen molar-refractivity contribution in [1.29, 1.82) is 0 Å². The minimum Gasteiger partial charge on any atom is -0.444 e. The highest BCUT2D eigenvalue weighted by Gasteiger charge is 2.46. The molecule has 10 heteroatoms. The van der Waals surface area contributed by atoms with Gasteiger partial charge in [-0.25, -0.2) is 4.79 Å². The molecule has 0 radical (unpaired) electrons. The minimum absolute atomic E-state index is 0.0813. The third kappa shape index (κ3) is 10.2. The molecule has 1 fully saturated rings. The van der Waals surface area contributed by atoms with Crippen LogP contribution in [0, 0.1) is 5.92 Å². The molecular formula is C23H47NO7SSi. The van der Waals surface area contributed by atoms with Crippen molar-refractivity contribution in [3.8, 4) is 0 Å². The summed E-state index contributed by atoms with van der Waals surface area (Å²) in [5.41, 5.74) is -1.37. The minimum atomic E-state index is -3.47. The van der Waals surface area contributed by atoms with E-state index in [0.29, 0.717) is 26.1 Å². The van der Waals surface area contributed by atoms with Gasteiger partial charge in [0.25, 0.3) is 10.1 Å². The van der Waals surface area contributed by atoms with Crippen molar-refractivity contribution in [3.63, 3.8) is 0 Å². The number of hydrogen-bond donors (Lipinski definition) is 0. The zero-order chi connectivity index (χ0) is 25.9. The van der Waals surface area contributed by atoms with E-state index < -0.39 is 29.8 Å². The van der Waals surface area contributed by atoms with E-state index in [1.54, 1.807) is 4.90 Å². The Bertz CT molecular complexity index is 754. The first kappa shape index (κ1) is 30.3. The molecule has 0 bridgehead atoms. The van der Waals surface area contributed by atoms with Crippen molar-refractivity contribution >= 4 is 24.5 Å². The first-order valence-corrected chi connectivity index (χ1v) is 16.5. The number of carbonyl (C=O) groups excluding carboxylic acids is 1. The Morgan fingerprint density at radius 2 is 1.76 bits per heavy atom. The lowest BCUT2D eigenvalue weighted by molar-refractivity contribution is -0.0633. The van der Waals surface area contributed by atoms with Crippen LogP contribution in [0.1, 0.15) is 74.7 Å². The van der Waals surface area contributed by atoms with Crippen LogP contribution < -0.4 is 0 Å². The fourth-order valence-electron chi connectivity index (χ4n) is 3.52. The van der Waals surface area contributed by atoms with E-state index in [4.69, 9.17) is 18.1 Å². The number of rotatable bonds is 10. The number of hydrogen-bond acceptors (Lipinski definition) is 7. The maximum absolute atomic E-state index is 13.0. The van der Waals surface area contributed by atoms with E-state index >= 15 is 0 Å². The van der Waals surface area contributed by atoms with Crippen molar-refractivity contribution in [1.82, 2.24) is 4.90 Å².